The summed E-state index contributed by atoms with van der Waals surface area (Å²) in [6.45, 7) is 3.87. The number of methoxy groups -OCH3 is 2. The first kappa shape index (κ1) is 17.5. The van der Waals surface area contributed by atoms with Crippen molar-refractivity contribution in [3.63, 3.8) is 0 Å². The van der Waals surface area contributed by atoms with Crippen LogP contribution in [0.1, 0.15) is 44.1 Å². The van der Waals surface area contributed by atoms with Crippen molar-refractivity contribution in [2.24, 2.45) is 11.7 Å². The maximum Gasteiger partial charge on any atom is 0.167 e. The summed E-state index contributed by atoms with van der Waals surface area (Å²) in [5, 5.41) is 1.35. The molecule has 0 saturated heterocycles. The number of hydrogen-bond donors (Lipinski definition) is 1. The van der Waals surface area contributed by atoms with Crippen LogP contribution in [-0.2, 0) is 16.0 Å². The number of para-hydroxylation sites is 1. The first-order valence-corrected chi connectivity index (χ1v) is 9.06. The Balaban J connectivity index is 1.88. The predicted molar refractivity (Wildman–Crippen MR) is 98.1 cm³/mol. The van der Waals surface area contributed by atoms with Crippen LogP contribution in [0.15, 0.2) is 30.5 Å². The second-order valence-electron chi connectivity index (χ2n) is 6.89. The fraction of sp³-hybridized carbons (Fsp3) is 0.600. The van der Waals surface area contributed by atoms with Gasteiger partial charge in [-0.3, -0.25) is 0 Å². The second kappa shape index (κ2) is 7.26. The lowest BCUT2D eigenvalue weighted by atomic mass is 9.75. The van der Waals surface area contributed by atoms with E-state index in [0.29, 0.717) is 18.4 Å². The number of fused-ring (bicyclic) bond motifs is 1. The predicted octanol–water partition coefficient (Wildman–Crippen LogP) is 3.88. The third-order valence-electron chi connectivity index (χ3n) is 5.92. The Bertz CT molecular complexity index is 665. The van der Waals surface area contributed by atoms with E-state index in [1.54, 1.807) is 14.2 Å². The van der Waals surface area contributed by atoms with Gasteiger partial charge in [0.05, 0.1) is 0 Å². The highest BCUT2D eigenvalue weighted by atomic mass is 16.7. The third kappa shape index (κ3) is 2.99. The topological polar surface area (TPSA) is 49.4 Å². The van der Waals surface area contributed by atoms with Crippen LogP contribution in [0.2, 0.25) is 0 Å². The SMILES string of the molecule is CCn1cc(C(CN)C2CCC(OC)(OC)CC2)c2ccccc21. The molecule has 4 heteroatoms. The summed E-state index contributed by atoms with van der Waals surface area (Å²) in [7, 11) is 3.50. The zero-order valence-electron chi connectivity index (χ0n) is 15.1. The van der Waals surface area contributed by atoms with Crippen molar-refractivity contribution in [1.29, 1.82) is 0 Å². The zero-order chi connectivity index (χ0) is 17.2. The van der Waals surface area contributed by atoms with Crippen molar-refractivity contribution in [3.8, 4) is 0 Å². The molecule has 0 aliphatic heterocycles. The van der Waals surface area contributed by atoms with Crippen LogP contribution in [0.25, 0.3) is 10.9 Å². The largest absolute Gasteiger partial charge is 0.353 e. The van der Waals surface area contributed by atoms with Crippen molar-refractivity contribution in [3.05, 3.63) is 36.0 Å². The number of benzene rings is 1. The Morgan fingerprint density at radius 3 is 2.46 bits per heavy atom. The quantitative estimate of drug-likeness (QED) is 0.818. The van der Waals surface area contributed by atoms with E-state index in [9.17, 15) is 0 Å². The first-order valence-electron chi connectivity index (χ1n) is 9.06. The molecule has 1 aromatic carbocycles. The molecule has 1 aliphatic carbocycles. The maximum absolute atomic E-state index is 6.24. The number of aromatic nitrogens is 1. The normalized spacial score (nSPS) is 19.7. The molecule has 3 rings (SSSR count). The van der Waals surface area contributed by atoms with Gasteiger partial charge >= 0.3 is 0 Å². The molecule has 1 saturated carbocycles. The van der Waals surface area contributed by atoms with E-state index >= 15 is 0 Å². The van der Waals surface area contributed by atoms with E-state index in [1.807, 2.05) is 0 Å². The van der Waals surface area contributed by atoms with Crippen molar-refractivity contribution < 1.29 is 9.47 Å². The van der Waals surface area contributed by atoms with Gasteiger partial charge in [-0.2, -0.15) is 0 Å². The molecule has 4 nitrogen and oxygen atoms in total. The van der Waals surface area contributed by atoms with Gasteiger partial charge in [0.1, 0.15) is 0 Å². The monoisotopic (exact) mass is 330 g/mol. The van der Waals surface area contributed by atoms with Gasteiger partial charge in [0.2, 0.25) is 0 Å². The number of rotatable bonds is 6. The molecular weight excluding hydrogens is 300 g/mol. The summed E-state index contributed by atoms with van der Waals surface area (Å²) in [5.74, 6) is 0.589. The van der Waals surface area contributed by atoms with Gasteiger partial charge in [-0.25, -0.2) is 0 Å². The minimum Gasteiger partial charge on any atom is -0.353 e. The van der Waals surface area contributed by atoms with Crippen molar-refractivity contribution in [2.45, 2.75) is 50.9 Å². The van der Waals surface area contributed by atoms with E-state index in [-0.39, 0.29) is 0 Å². The molecule has 1 fully saturated rings. The van der Waals surface area contributed by atoms with Crippen LogP contribution < -0.4 is 5.73 Å². The van der Waals surface area contributed by atoms with E-state index in [0.717, 1.165) is 32.2 Å². The summed E-state index contributed by atoms with van der Waals surface area (Å²) >= 11 is 0. The van der Waals surface area contributed by atoms with Crippen LogP contribution in [-0.4, -0.2) is 31.1 Å². The number of ether oxygens (including phenoxy) is 2. The van der Waals surface area contributed by atoms with Crippen LogP contribution in [0.4, 0.5) is 0 Å². The van der Waals surface area contributed by atoms with Gasteiger partial charge < -0.3 is 19.8 Å². The minimum absolute atomic E-state index is 0.396. The van der Waals surface area contributed by atoms with E-state index < -0.39 is 5.79 Å². The van der Waals surface area contributed by atoms with Crippen LogP contribution in [0.3, 0.4) is 0 Å². The summed E-state index contributed by atoms with van der Waals surface area (Å²) < 4.78 is 13.6. The molecule has 1 aliphatic rings. The number of nitrogens with two attached hydrogens (primary N) is 1. The molecule has 2 aromatic rings. The molecule has 1 unspecified atom stereocenters. The second-order valence-corrected chi connectivity index (χ2v) is 6.89. The molecular formula is C20H30N2O2. The Labute approximate surface area is 144 Å². The summed E-state index contributed by atoms with van der Waals surface area (Å²) in [4.78, 5) is 0. The van der Waals surface area contributed by atoms with Crippen molar-refractivity contribution >= 4 is 10.9 Å². The van der Waals surface area contributed by atoms with E-state index in [1.165, 1.54) is 16.5 Å². The third-order valence-corrected chi connectivity index (χ3v) is 5.92. The van der Waals surface area contributed by atoms with Crippen LogP contribution in [0.5, 0.6) is 0 Å². The molecule has 0 spiro atoms. The summed E-state index contributed by atoms with van der Waals surface area (Å²) in [6, 6.07) is 8.68. The van der Waals surface area contributed by atoms with Crippen molar-refractivity contribution in [1.82, 2.24) is 4.57 Å². The highest BCUT2D eigenvalue weighted by molar-refractivity contribution is 5.84. The minimum atomic E-state index is -0.396. The molecule has 132 valence electrons. The van der Waals surface area contributed by atoms with E-state index in [4.69, 9.17) is 15.2 Å². The van der Waals surface area contributed by atoms with E-state index in [2.05, 4.69) is 42.0 Å². The molecule has 1 atom stereocenters. The summed E-state index contributed by atoms with van der Waals surface area (Å²) in [5.41, 5.74) is 8.96. The molecule has 24 heavy (non-hydrogen) atoms. The zero-order valence-corrected chi connectivity index (χ0v) is 15.1. The number of hydrogen-bond acceptors (Lipinski definition) is 3. The standard InChI is InChI=1S/C20H30N2O2/c1-4-22-14-18(16-7-5-6-8-19(16)22)17(13-21)15-9-11-20(23-2,24-3)12-10-15/h5-8,14-15,17H,4,9-13,21H2,1-3H3. The average molecular weight is 330 g/mol. The van der Waals surface area contributed by atoms with Crippen LogP contribution in [0, 0.1) is 5.92 Å². The molecule has 2 N–H and O–H groups in total. The molecule has 0 amide bonds. The van der Waals surface area contributed by atoms with Gasteiger partial charge in [-0.05, 0) is 43.9 Å². The average Bonchev–Trinajstić information content (AvgIpc) is 3.02. The van der Waals surface area contributed by atoms with Crippen molar-refractivity contribution in [2.75, 3.05) is 20.8 Å². The fourth-order valence-electron chi connectivity index (χ4n) is 4.38. The lowest BCUT2D eigenvalue weighted by molar-refractivity contribution is -0.228. The highest BCUT2D eigenvalue weighted by Crippen LogP contribution is 2.43. The number of nitrogens with zero attached hydrogens (tertiary/aromatic N) is 1. The molecule has 0 radical (unpaired) electrons. The Hall–Kier alpha value is -1.36. The molecule has 0 bridgehead atoms. The Morgan fingerprint density at radius 1 is 1.21 bits per heavy atom. The van der Waals surface area contributed by atoms with Crippen LogP contribution >= 0.6 is 0 Å². The van der Waals surface area contributed by atoms with Gasteiger partial charge in [0, 0.05) is 56.6 Å². The fourth-order valence-corrected chi connectivity index (χ4v) is 4.38. The molecule has 1 aromatic heterocycles. The lowest BCUT2D eigenvalue weighted by Crippen LogP contribution is -2.39. The van der Waals surface area contributed by atoms with Gasteiger partial charge in [0.25, 0.3) is 0 Å². The first-order chi connectivity index (χ1) is 11.7. The Kier molecular flexibility index (Phi) is 5.28. The van der Waals surface area contributed by atoms with Gasteiger partial charge in [-0.1, -0.05) is 18.2 Å². The summed E-state index contributed by atoms with van der Waals surface area (Å²) in [6.07, 6.45) is 6.38. The maximum atomic E-state index is 6.24. The number of aryl methyl sites for hydroxylation is 1. The van der Waals surface area contributed by atoms with Gasteiger partial charge in [0.15, 0.2) is 5.79 Å². The molecule has 1 heterocycles. The highest BCUT2D eigenvalue weighted by Gasteiger charge is 2.38. The smallest absolute Gasteiger partial charge is 0.167 e. The Morgan fingerprint density at radius 2 is 1.88 bits per heavy atom. The lowest BCUT2D eigenvalue weighted by Gasteiger charge is -2.40. The van der Waals surface area contributed by atoms with Gasteiger partial charge in [-0.15, -0.1) is 0 Å².